The van der Waals surface area contributed by atoms with Crippen molar-refractivity contribution in [2.75, 3.05) is 11.9 Å². The summed E-state index contributed by atoms with van der Waals surface area (Å²) < 4.78 is 0. The number of nitriles is 1. The summed E-state index contributed by atoms with van der Waals surface area (Å²) in [6.07, 6.45) is 0. The first-order chi connectivity index (χ1) is 8.85. The molecule has 1 amide bonds. The summed E-state index contributed by atoms with van der Waals surface area (Å²) in [4.78, 5) is 12.1. The van der Waals surface area contributed by atoms with E-state index in [0.717, 1.165) is 5.69 Å². The van der Waals surface area contributed by atoms with Crippen LogP contribution in [0, 0.1) is 16.7 Å². The Kier molecular flexibility index (Phi) is 4.94. The van der Waals surface area contributed by atoms with Gasteiger partial charge in [-0.3, -0.25) is 4.79 Å². The molecule has 0 spiro atoms. The van der Waals surface area contributed by atoms with Crippen molar-refractivity contribution in [2.24, 2.45) is 5.41 Å². The number of anilines is 1. The maximum atomic E-state index is 12.1. The summed E-state index contributed by atoms with van der Waals surface area (Å²) in [7, 11) is 0. The Morgan fingerprint density at radius 2 is 2.00 bits per heavy atom. The van der Waals surface area contributed by atoms with Crippen LogP contribution in [-0.4, -0.2) is 18.5 Å². The molecule has 0 heterocycles. The molecule has 2 N–H and O–H groups in total. The van der Waals surface area contributed by atoms with Gasteiger partial charge in [0.1, 0.15) is 0 Å². The van der Waals surface area contributed by atoms with Gasteiger partial charge < -0.3 is 10.6 Å². The zero-order valence-electron chi connectivity index (χ0n) is 11.9. The van der Waals surface area contributed by atoms with Crippen LogP contribution < -0.4 is 10.6 Å². The molecular weight excluding hydrogens is 238 g/mol. The molecule has 0 aromatic heterocycles. The van der Waals surface area contributed by atoms with E-state index in [4.69, 9.17) is 5.26 Å². The number of hydrogen-bond donors (Lipinski definition) is 2. The first-order valence-electron chi connectivity index (χ1n) is 6.41. The number of nitrogens with one attached hydrogen (secondary N) is 2. The predicted molar refractivity (Wildman–Crippen MR) is 76.9 cm³/mol. The highest BCUT2D eigenvalue weighted by Gasteiger charge is 2.19. The van der Waals surface area contributed by atoms with Gasteiger partial charge >= 0.3 is 0 Å². The van der Waals surface area contributed by atoms with Crippen LogP contribution in [0.15, 0.2) is 24.3 Å². The van der Waals surface area contributed by atoms with Gasteiger partial charge in [-0.15, -0.1) is 0 Å². The molecule has 0 aliphatic carbocycles. The second-order valence-electron chi connectivity index (χ2n) is 5.52. The van der Waals surface area contributed by atoms with Gasteiger partial charge in [0.2, 0.25) is 0 Å². The third-order valence-corrected chi connectivity index (χ3v) is 2.61. The fourth-order valence-electron chi connectivity index (χ4n) is 1.55. The van der Waals surface area contributed by atoms with E-state index >= 15 is 0 Å². The van der Waals surface area contributed by atoms with E-state index in [0.29, 0.717) is 12.1 Å². The molecule has 0 atom stereocenters. The van der Waals surface area contributed by atoms with Crippen molar-refractivity contribution in [3.05, 3.63) is 29.8 Å². The smallest absolute Gasteiger partial charge is 0.253 e. The molecule has 1 aromatic carbocycles. The molecular formula is C15H21N3O. The third kappa shape index (κ3) is 4.63. The van der Waals surface area contributed by atoms with Crippen molar-refractivity contribution in [2.45, 2.75) is 33.7 Å². The van der Waals surface area contributed by atoms with Crippen LogP contribution in [0.3, 0.4) is 0 Å². The van der Waals surface area contributed by atoms with Crippen LogP contribution in [0.2, 0.25) is 0 Å². The van der Waals surface area contributed by atoms with Gasteiger partial charge in [-0.2, -0.15) is 5.26 Å². The van der Waals surface area contributed by atoms with Crippen molar-refractivity contribution >= 4 is 11.6 Å². The predicted octanol–water partition coefficient (Wildman–Crippen LogP) is 2.79. The van der Waals surface area contributed by atoms with E-state index in [2.05, 4.69) is 16.7 Å². The lowest BCUT2D eigenvalue weighted by Crippen LogP contribution is -2.33. The molecule has 0 radical (unpaired) electrons. The van der Waals surface area contributed by atoms with Crippen LogP contribution in [0.5, 0.6) is 0 Å². The minimum Gasteiger partial charge on any atom is -0.382 e. The molecule has 0 aliphatic rings. The summed E-state index contributed by atoms with van der Waals surface area (Å²) in [6, 6.07) is 9.79. The highest BCUT2D eigenvalue weighted by molar-refractivity contribution is 5.99. The van der Waals surface area contributed by atoms with E-state index in [1.54, 1.807) is 19.9 Å². The molecule has 0 saturated carbocycles. The van der Waals surface area contributed by atoms with Crippen LogP contribution >= 0.6 is 0 Å². The topological polar surface area (TPSA) is 64.9 Å². The lowest BCUT2D eigenvalue weighted by Gasteiger charge is -2.18. The van der Waals surface area contributed by atoms with Gasteiger partial charge in [-0.05, 0) is 39.8 Å². The van der Waals surface area contributed by atoms with Crippen LogP contribution in [0.4, 0.5) is 5.69 Å². The molecule has 1 aromatic rings. The van der Waals surface area contributed by atoms with Crippen LogP contribution in [0.1, 0.15) is 38.1 Å². The maximum Gasteiger partial charge on any atom is 0.253 e. The fraction of sp³-hybridized carbons (Fsp3) is 0.467. The SMILES string of the molecule is CC(C)Nc1ccccc1C(=O)NCC(C)(C)C#N. The number of amides is 1. The van der Waals surface area contributed by atoms with Gasteiger partial charge in [0.05, 0.1) is 17.0 Å². The highest BCUT2D eigenvalue weighted by atomic mass is 16.1. The van der Waals surface area contributed by atoms with Crippen LogP contribution in [0.25, 0.3) is 0 Å². The van der Waals surface area contributed by atoms with Crippen molar-refractivity contribution in [1.29, 1.82) is 5.26 Å². The number of carbonyl (C=O) groups excluding carboxylic acids is 1. The summed E-state index contributed by atoms with van der Waals surface area (Å²) in [6.45, 7) is 7.97. The molecule has 0 unspecified atom stereocenters. The van der Waals surface area contributed by atoms with E-state index in [9.17, 15) is 4.79 Å². The van der Waals surface area contributed by atoms with Gasteiger partial charge in [0.25, 0.3) is 5.91 Å². The average Bonchev–Trinajstić information content (AvgIpc) is 2.36. The monoisotopic (exact) mass is 259 g/mol. The quantitative estimate of drug-likeness (QED) is 0.854. The summed E-state index contributed by atoms with van der Waals surface area (Å²) in [5, 5.41) is 15.0. The molecule has 19 heavy (non-hydrogen) atoms. The van der Waals surface area contributed by atoms with Crippen LogP contribution in [-0.2, 0) is 0 Å². The second-order valence-corrected chi connectivity index (χ2v) is 5.52. The second kappa shape index (κ2) is 6.24. The highest BCUT2D eigenvalue weighted by Crippen LogP contribution is 2.17. The van der Waals surface area contributed by atoms with Gasteiger partial charge in [-0.1, -0.05) is 12.1 Å². The first kappa shape index (κ1) is 15.0. The average molecular weight is 259 g/mol. The van der Waals surface area contributed by atoms with Crippen molar-refractivity contribution in [3.63, 3.8) is 0 Å². The van der Waals surface area contributed by atoms with Gasteiger partial charge in [-0.25, -0.2) is 0 Å². The van der Waals surface area contributed by atoms with E-state index < -0.39 is 5.41 Å². The Hall–Kier alpha value is -2.02. The Labute approximate surface area is 114 Å². The van der Waals surface area contributed by atoms with Gasteiger partial charge in [0.15, 0.2) is 0 Å². The number of benzene rings is 1. The minimum absolute atomic E-state index is 0.160. The minimum atomic E-state index is -0.559. The largest absolute Gasteiger partial charge is 0.382 e. The molecule has 0 saturated heterocycles. The van der Waals surface area contributed by atoms with Crippen molar-refractivity contribution < 1.29 is 4.79 Å². The van der Waals surface area contributed by atoms with Crippen molar-refractivity contribution in [1.82, 2.24) is 5.32 Å². The molecule has 102 valence electrons. The molecule has 0 aliphatic heterocycles. The fourth-order valence-corrected chi connectivity index (χ4v) is 1.55. The Bertz CT molecular complexity index is 486. The summed E-state index contributed by atoms with van der Waals surface area (Å²) in [5.41, 5.74) is 0.852. The van der Waals surface area contributed by atoms with E-state index in [1.807, 2.05) is 32.0 Å². The van der Waals surface area contributed by atoms with E-state index in [-0.39, 0.29) is 11.9 Å². The normalized spacial score (nSPS) is 10.9. The lowest BCUT2D eigenvalue weighted by atomic mass is 9.96. The Morgan fingerprint density at radius 3 is 2.58 bits per heavy atom. The Balaban J connectivity index is 2.80. The molecule has 0 fully saturated rings. The summed E-state index contributed by atoms with van der Waals surface area (Å²) in [5.74, 6) is -0.160. The number of rotatable bonds is 5. The lowest BCUT2D eigenvalue weighted by molar-refractivity contribution is 0.0944. The molecule has 0 bridgehead atoms. The molecule has 1 rings (SSSR count). The van der Waals surface area contributed by atoms with Gasteiger partial charge in [0, 0.05) is 18.3 Å². The number of carbonyl (C=O) groups is 1. The van der Waals surface area contributed by atoms with Crippen molar-refractivity contribution in [3.8, 4) is 6.07 Å². The maximum absolute atomic E-state index is 12.1. The van der Waals surface area contributed by atoms with E-state index in [1.165, 1.54) is 0 Å². The Morgan fingerprint density at radius 1 is 1.37 bits per heavy atom. The third-order valence-electron chi connectivity index (χ3n) is 2.61. The number of para-hydroxylation sites is 1. The standard InChI is InChI=1S/C15H21N3O/c1-11(2)18-13-8-6-5-7-12(13)14(19)17-10-15(3,4)9-16/h5-8,11,18H,10H2,1-4H3,(H,17,19). The molecule has 4 nitrogen and oxygen atoms in total. The number of hydrogen-bond acceptors (Lipinski definition) is 3. The number of nitrogens with zero attached hydrogens (tertiary/aromatic N) is 1. The first-order valence-corrected chi connectivity index (χ1v) is 6.41. The summed E-state index contributed by atoms with van der Waals surface area (Å²) >= 11 is 0. The zero-order valence-corrected chi connectivity index (χ0v) is 11.9. The zero-order chi connectivity index (χ0) is 14.5. The molecule has 4 heteroatoms.